The summed E-state index contributed by atoms with van der Waals surface area (Å²) < 4.78 is 86.3. The molecule has 166 valence electrons. The highest BCUT2D eigenvalue weighted by molar-refractivity contribution is 5.66. The molecule has 0 radical (unpaired) electrons. The molecule has 0 spiro atoms. The lowest BCUT2D eigenvalue weighted by atomic mass is 10.1. The maximum absolute atomic E-state index is 13.8. The van der Waals surface area contributed by atoms with E-state index >= 15 is 0 Å². The molecule has 0 aliphatic carbocycles. The van der Waals surface area contributed by atoms with Gasteiger partial charge in [0.15, 0.2) is 5.69 Å². The molecule has 0 saturated heterocycles. The molecule has 5 nitrogen and oxygen atoms in total. The van der Waals surface area contributed by atoms with Crippen LogP contribution in [0.3, 0.4) is 0 Å². The maximum Gasteiger partial charge on any atom is 0.435 e. The SMILES string of the molecule is C=C(OCC)c1cc(F)ccc1-n1nc(C(F)(F)F)cc1Cc1cnn(CC(F)F)c1. The summed E-state index contributed by atoms with van der Waals surface area (Å²) in [5.41, 5.74) is -0.387. The summed E-state index contributed by atoms with van der Waals surface area (Å²) in [5, 5.41) is 7.45. The molecule has 2 aromatic heterocycles. The fourth-order valence-corrected chi connectivity index (χ4v) is 3.01. The first-order valence-corrected chi connectivity index (χ1v) is 9.16. The summed E-state index contributed by atoms with van der Waals surface area (Å²) in [7, 11) is 0. The molecular formula is C20H18F6N4O. The van der Waals surface area contributed by atoms with Crippen molar-refractivity contribution in [3.05, 3.63) is 71.6 Å². The van der Waals surface area contributed by atoms with Crippen molar-refractivity contribution in [2.75, 3.05) is 6.61 Å². The Bertz CT molecular complexity index is 1070. The summed E-state index contributed by atoms with van der Waals surface area (Å²) in [6.45, 7) is 4.97. The van der Waals surface area contributed by atoms with Crippen molar-refractivity contribution in [2.45, 2.75) is 32.5 Å². The zero-order valence-corrected chi connectivity index (χ0v) is 16.3. The topological polar surface area (TPSA) is 44.9 Å². The number of hydrogen-bond acceptors (Lipinski definition) is 3. The number of ether oxygens (including phenoxy) is 1. The van der Waals surface area contributed by atoms with Gasteiger partial charge < -0.3 is 4.74 Å². The second-order valence-corrected chi connectivity index (χ2v) is 6.59. The minimum Gasteiger partial charge on any atom is -0.494 e. The van der Waals surface area contributed by atoms with Gasteiger partial charge in [0.05, 0.1) is 18.5 Å². The summed E-state index contributed by atoms with van der Waals surface area (Å²) in [6, 6.07) is 4.29. The smallest absolute Gasteiger partial charge is 0.435 e. The number of halogens is 6. The van der Waals surface area contributed by atoms with Gasteiger partial charge >= 0.3 is 6.18 Å². The van der Waals surface area contributed by atoms with Crippen molar-refractivity contribution in [3.8, 4) is 5.69 Å². The van der Waals surface area contributed by atoms with Gasteiger partial charge in [0.1, 0.15) is 18.1 Å². The molecule has 0 unspecified atom stereocenters. The van der Waals surface area contributed by atoms with Crippen molar-refractivity contribution >= 4 is 5.76 Å². The van der Waals surface area contributed by atoms with E-state index in [9.17, 15) is 26.3 Å². The fourth-order valence-electron chi connectivity index (χ4n) is 3.01. The number of aromatic nitrogens is 4. The number of rotatable bonds is 8. The third-order valence-corrected chi connectivity index (χ3v) is 4.28. The normalized spacial score (nSPS) is 11.9. The quantitative estimate of drug-likeness (QED) is 0.359. The molecule has 0 saturated carbocycles. The molecule has 31 heavy (non-hydrogen) atoms. The second kappa shape index (κ2) is 8.86. The van der Waals surface area contributed by atoms with Gasteiger partial charge in [-0.3, -0.25) is 4.68 Å². The second-order valence-electron chi connectivity index (χ2n) is 6.59. The minimum atomic E-state index is -4.73. The third kappa shape index (κ3) is 5.28. The molecular weight excluding hydrogens is 426 g/mol. The molecule has 0 bridgehead atoms. The van der Waals surface area contributed by atoms with Crippen molar-refractivity contribution < 1.29 is 31.1 Å². The van der Waals surface area contributed by atoms with Crippen LogP contribution in [0.15, 0.2) is 43.2 Å². The first-order chi connectivity index (χ1) is 14.6. The van der Waals surface area contributed by atoms with E-state index in [4.69, 9.17) is 4.74 Å². The molecule has 0 amide bonds. The Hall–Kier alpha value is -3.24. The van der Waals surface area contributed by atoms with Crippen LogP contribution < -0.4 is 0 Å². The monoisotopic (exact) mass is 444 g/mol. The van der Waals surface area contributed by atoms with E-state index in [0.29, 0.717) is 5.56 Å². The van der Waals surface area contributed by atoms with Crippen LogP contribution in [0.2, 0.25) is 0 Å². The van der Waals surface area contributed by atoms with Crippen LogP contribution in [0.1, 0.15) is 29.4 Å². The summed E-state index contributed by atoms with van der Waals surface area (Å²) in [4.78, 5) is 0. The molecule has 3 rings (SSSR count). The average molecular weight is 444 g/mol. The Morgan fingerprint density at radius 2 is 1.97 bits per heavy atom. The largest absolute Gasteiger partial charge is 0.494 e. The Labute approximate surface area is 173 Å². The van der Waals surface area contributed by atoms with Crippen molar-refractivity contribution in [3.63, 3.8) is 0 Å². The van der Waals surface area contributed by atoms with E-state index in [1.807, 2.05) is 0 Å². The van der Waals surface area contributed by atoms with Crippen LogP contribution in [0.5, 0.6) is 0 Å². The van der Waals surface area contributed by atoms with Gasteiger partial charge in [0.25, 0.3) is 6.43 Å². The van der Waals surface area contributed by atoms with Gasteiger partial charge in [0.2, 0.25) is 0 Å². The summed E-state index contributed by atoms with van der Waals surface area (Å²) in [6.07, 6.45) is -4.82. The van der Waals surface area contributed by atoms with E-state index in [0.717, 1.165) is 27.6 Å². The molecule has 11 heteroatoms. The van der Waals surface area contributed by atoms with Gasteiger partial charge in [-0.05, 0) is 36.8 Å². The van der Waals surface area contributed by atoms with Crippen LogP contribution in [0.25, 0.3) is 11.4 Å². The maximum atomic E-state index is 13.8. The van der Waals surface area contributed by atoms with Crippen molar-refractivity contribution in [2.24, 2.45) is 0 Å². The van der Waals surface area contributed by atoms with E-state index in [-0.39, 0.29) is 35.7 Å². The first kappa shape index (κ1) is 22.4. The molecule has 1 aromatic carbocycles. The van der Waals surface area contributed by atoms with Crippen LogP contribution in [-0.4, -0.2) is 32.6 Å². The standard InChI is InChI=1S/C20H18F6N4O/c1-3-31-12(2)16-7-14(21)4-5-17(16)30-15(8-18(28-30)20(24,25)26)6-13-9-27-29(10-13)11-19(22)23/h4-5,7-10,19H,2-3,6,11H2,1H3. The lowest BCUT2D eigenvalue weighted by molar-refractivity contribution is -0.141. The molecule has 0 fully saturated rings. The fraction of sp³-hybridized carbons (Fsp3) is 0.300. The molecule has 3 aromatic rings. The number of benzene rings is 1. The van der Waals surface area contributed by atoms with Gasteiger partial charge in [-0.15, -0.1) is 0 Å². The van der Waals surface area contributed by atoms with Gasteiger partial charge in [-0.2, -0.15) is 23.4 Å². The highest BCUT2D eigenvalue weighted by Crippen LogP contribution is 2.32. The highest BCUT2D eigenvalue weighted by atomic mass is 19.4. The minimum absolute atomic E-state index is 0.0664. The lowest BCUT2D eigenvalue weighted by Crippen LogP contribution is -2.10. The summed E-state index contributed by atoms with van der Waals surface area (Å²) >= 11 is 0. The van der Waals surface area contributed by atoms with Crippen molar-refractivity contribution in [1.82, 2.24) is 19.6 Å². The van der Waals surface area contributed by atoms with Gasteiger partial charge in [-0.25, -0.2) is 17.9 Å². The Morgan fingerprint density at radius 1 is 1.23 bits per heavy atom. The third-order valence-electron chi connectivity index (χ3n) is 4.28. The molecule has 2 heterocycles. The first-order valence-electron chi connectivity index (χ1n) is 9.16. The molecule has 0 aliphatic rings. The molecule has 0 aliphatic heterocycles. The summed E-state index contributed by atoms with van der Waals surface area (Å²) in [5.74, 6) is -0.561. The zero-order valence-electron chi connectivity index (χ0n) is 16.3. The average Bonchev–Trinajstić information content (AvgIpc) is 3.28. The van der Waals surface area contributed by atoms with E-state index in [1.54, 1.807) is 6.92 Å². The predicted octanol–water partition coefficient (Wildman–Crippen LogP) is 5.09. The van der Waals surface area contributed by atoms with Crippen LogP contribution in [-0.2, 0) is 23.9 Å². The van der Waals surface area contributed by atoms with Gasteiger partial charge in [0, 0.05) is 23.9 Å². The van der Waals surface area contributed by atoms with E-state index < -0.39 is 30.7 Å². The predicted molar refractivity (Wildman–Crippen MR) is 100 cm³/mol. The Kier molecular flexibility index (Phi) is 6.42. The number of hydrogen-bond donors (Lipinski definition) is 0. The van der Waals surface area contributed by atoms with Crippen LogP contribution >= 0.6 is 0 Å². The Morgan fingerprint density at radius 3 is 2.61 bits per heavy atom. The molecule has 0 N–H and O–H groups in total. The highest BCUT2D eigenvalue weighted by Gasteiger charge is 2.35. The van der Waals surface area contributed by atoms with E-state index in [2.05, 4.69) is 16.8 Å². The Balaban J connectivity index is 2.07. The van der Waals surface area contributed by atoms with Crippen LogP contribution in [0.4, 0.5) is 26.3 Å². The van der Waals surface area contributed by atoms with E-state index in [1.165, 1.54) is 18.5 Å². The molecule has 0 atom stereocenters. The van der Waals surface area contributed by atoms with Crippen molar-refractivity contribution in [1.29, 1.82) is 0 Å². The number of nitrogens with zero attached hydrogens (tertiary/aromatic N) is 4. The van der Waals surface area contributed by atoms with Gasteiger partial charge in [-0.1, -0.05) is 6.58 Å². The number of alkyl halides is 5. The van der Waals surface area contributed by atoms with Crippen LogP contribution in [0, 0.1) is 5.82 Å². The zero-order chi connectivity index (χ0) is 22.8. The lowest BCUT2D eigenvalue weighted by Gasteiger charge is -2.15.